The quantitative estimate of drug-likeness (QED) is 0.508. The van der Waals surface area contributed by atoms with Crippen molar-refractivity contribution >= 4 is 17.2 Å². The SMILES string of the molecule is NCC1C=CC(=S)NC1. The fourth-order valence-corrected chi connectivity index (χ4v) is 0.906. The summed E-state index contributed by atoms with van der Waals surface area (Å²) >= 11 is 4.87. The van der Waals surface area contributed by atoms with E-state index in [4.69, 9.17) is 18.0 Å². The number of thiocarbonyl (C=S) groups is 1. The summed E-state index contributed by atoms with van der Waals surface area (Å²) in [7, 11) is 0. The van der Waals surface area contributed by atoms with Crippen molar-refractivity contribution in [3.8, 4) is 0 Å². The van der Waals surface area contributed by atoms with E-state index in [1.807, 2.05) is 6.08 Å². The molecule has 0 saturated heterocycles. The molecule has 0 aromatic rings. The van der Waals surface area contributed by atoms with Gasteiger partial charge in [0.25, 0.3) is 0 Å². The monoisotopic (exact) mass is 142 g/mol. The van der Waals surface area contributed by atoms with E-state index in [2.05, 4.69) is 11.4 Å². The number of nitrogens with two attached hydrogens (primary N) is 1. The van der Waals surface area contributed by atoms with Gasteiger partial charge in [-0.3, -0.25) is 0 Å². The van der Waals surface area contributed by atoms with E-state index in [0.717, 1.165) is 11.5 Å². The van der Waals surface area contributed by atoms with Crippen LogP contribution in [-0.4, -0.2) is 18.1 Å². The molecule has 1 heterocycles. The summed E-state index contributed by atoms with van der Waals surface area (Å²) in [6.45, 7) is 1.60. The normalized spacial score (nSPS) is 25.9. The summed E-state index contributed by atoms with van der Waals surface area (Å²) in [5.74, 6) is 0.469. The molecule has 2 nitrogen and oxygen atoms in total. The molecule has 0 aromatic carbocycles. The average molecular weight is 142 g/mol. The Morgan fingerprint density at radius 1 is 1.89 bits per heavy atom. The van der Waals surface area contributed by atoms with Crippen molar-refractivity contribution in [2.75, 3.05) is 13.1 Å². The summed E-state index contributed by atoms with van der Waals surface area (Å²) in [6, 6.07) is 0. The zero-order valence-electron chi connectivity index (χ0n) is 5.13. The van der Waals surface area contributed by atoms with E-state index in [1.165, 1.54) is 0 Å². The lowest BCUT2D eigenvalue weighted by Gasteiger charge is -2.16. The van der Waals surface area contributed by atoms with Gasteiger partial charge in [0.1, 0.15) is 0 Å². The fourth-order valence-electron chi connectivity index (χ4n) is 0.744. The van der Waals surface area contributed by atoms with Crippen LogP contribution in [0.5, 0.6) is 0 Å². The highest BCUT2D eigenvalue weighted by molar-refractivity contribution is 7.80. The molecule has 1 atom stereocenters. The van der Waals surface area contributed by atoms with Crippen LogP contribution in [0.3, 0.4) is 0 Å². The molecule has 3 heteroatoms. The minimum Gasteiger partial charge on any atom is -0.376 e. The molecule has 1 aliphatic heterocycles. The van der Waals surface area contributed by atoms with Gasteiger partial charge in [-0.05, 0) is 6.08 Å². The third kappa shape index (κ3) is 1.77. The maximum absolute atomic E-state index is 5.41. The number of rotatable bonds is 1. The third-order valence-corrected chi connectivity index (χ3v) is 1.64. The van der Waals surface area contributed by atoms with Crippen LogP contribution in [0.25, 0.3) is 0 Å². The third-order valence-electron chi connectivity index (χ3n) is 1.36. The van der Waals surface area contributed by atoms with Gasteiger partial charge in [0.2, 0.25) is 0 Å². The lowest BCUT2D eigenvalue weighted by atomic mass is 10.1. The van der Waals surface area contributed by atoms with Crippen LogP contribution in [-0.2, 0) is 0 Å². The van der Waals surface area contributed by atoms with Gasteiger partial charge in [-0.15, -0.1) is 0 Å². The molecular formula is C6H10N2S. The summed E-state index contributed by atoms with van der Waals surface area (Å²) in [5.41, 5.74) is 5.41. The minimum absolute atomic E-state index is 0.469. The molecule has 1 rings (SSSR count). The van der Waals surface area contributed by atoms with Crippen molar-refractivity contribution < 1.29 is 0 Å². The molecule has 9 heavy (non-hydrogen) atoms. The second kappa shape index (κ2) is 2.94. The van der Waals surface area contributed by atoms with Crippen LogP contribution in [0.1, 0.15) is 0 Å². The second-order valence-corrected chi connectivity index (χ2v) is 2.54. The van der Waals surface area contributed by atoms with Gasteiger partial charge in [0, 0.05) is 19.0 Å². The van der Waals surface area contributed by atoms with E-state index in [1.54, 1.807) is 0 Å². The first-order chi connectivity index (χ1) is 4.33. The van der Waals surface area contributed by atoms with Crippen LogP contribution in [0, 0.1) is 5.92 Å². The molecule has 0 aromatic heterocycles. The first-order valence-electron chi connectivity index (χ1n) is 2.99. The van der Waals surface area contributed by atoms with Gasteiger partial charge in [-0.2, -0.15) is 0 Å². The van der Waals surface area contributed by atoms with Crippen LogP contribution in [0.4, 0.5) is 0 Å². The molecule has 0 radical (unpaired) electrons. The maximum Gasteiger partial charge on any atom is 0.0985 e. The van der Waals surface area contributed by atoms with Gasteiger partial charge >= 0.3 is 0 Å². The van der Waals surface area contributed by atoms with Crippen LogP contribution < -0.4 is 11.1 Å². The first kappa shape index (κ1) is 6.71. The van der Waals surface area contributed by atoms with E-state index >= 15 is 0 Å². The lowest BCUT2D eigenvalue weighted by molar-refractivity contribution is 0.631. The standard InChI is InChI=1S/C6H10N2S/c7-3-5-1-2-6(9)8-4-5/h1-2,5H,3-4,7H2,(H,8,9). The van der Waals surface area contributed by atoms with Gasteiger partial charge in [0.05, 0.1) is 4.99 Å². The Balaban J connectivity index is 2.48. The molecule has 1 aliphatic rings. The zero-order valence-corrected chi connectivity index (χ0v) is 5.95. The highest BCUT2D eigenvalue weighted by Crippen LogP contribution is 1.99. The van der Waals surface area contributed by atoms with E-state index in [9.17, 15) is 0 Å². The second-order valence-electron chi connectivity index (χ2n) is 2.10. The van der Waals surface area contributed by atoms with Crippen LogP contribution >= 0.6 is 12.2 Å². The summed E-state index contributed by atoms with van der Waals surface area (Å²) in [6.07, 6.45) is 3.95. The summed E-state index contributed by atoms with van der Waals surface area (Å²) in [5, 5.41) is 3.05. The van der Waals surface area contributed by atoms with Crippen LogP contribution in [0.15, 0.2) is 12.2 Å². The number of hydrogen-bond donors (Lipinski definition) is 2. The average Bonchev–Trinajstić information content (AvgIpc) is 1.90. The molecule has 0 saturated carbocycles. The van der Waals surface area contributed by atoms with Crippen molar-refractivity contribution in [3.63, 3.8) is 0 Å². The van der Waals surface area contributed by atoms with Gasteiger partial charge in [-0.25, -0.2) is 0 Å². The lowest BCUT2D eigenvalue weighted by Crippen LogP contribution is -2.33. The smallest absolute Gasteiger partial charge is 0.0985 e. The van der Waals surface area contributed by atoms with Gasteiger partial charge in [-0.1, -0.05) is 18.3 Å². The first-order valence-corrected chi connectivity index (χ1v) is 3.40. The number of nitrogens with one attached hydrogen (secondary N) is 1. The largest absolute Gasteiger partial charge is 0.376 e. The Labute approximate surface area is 60.1 Å². The summed E-state index contributed by atoms with van der Waals surface area (Å²) < 4.78 is 0. The van der Waals surface area contributed by atoms with Crippen molar-refractivity contribution in [2.24, 2.45) is 11.7 Å². The summed E-state index contributed by atoms with van der Waals surface area (Å²) in [4.78, 5) is 0.819. The molecular weight excluding hydrogens is 132 g/mol. The molecule has 50 valence electrons. The minimum atomic E-state index is 0.469. The van der Waals surface area contributed by atoms with Crippen LogP contribution in [0.2, 0.25) is 0 Å². The molecule has 0 aliphatic carbocycles. The Kier molecular flexibility index (Phi) is 2.19. The van der Waals surface area contributed by atoms with Crippen molar-refractivity contribution in [3.05, 3.63) is 12.2 Å². The Hall–Kier alpha value is -0.410. The van der Waals surface area contributed by atoms with Crippen molar-refractivity contribution in [1.82, 2.24) is 5.32 Å². The maximum atomic E-state index is 5.41. The van der Waals surface area contributed by atoms with Gasteiger partial charge in [0.15, 0.2) is 0 Å². The highest BCUT2D eigenvalue weighted by atomic mass is 32.1. The fraction of sp³-hybridized carbons (Fsp3) is 0.500. The van der Waals surface area contributed by atoms with E-state index in [-0.39, 0.29) is 0 Å². The van der Waals surface area contributed by atoms with Crippen molar-refractivity contribution in [2.45, 2.75) is 0 Å². The topological polar surface area (TPSA) is 38.0 Å². The Morgan fingerprint density at radius 2 is 2.67 bits per heavy atom. The molecule has 0 fully saturated rings. The predicted molar refractivity (Wildman–Crippen MR) is 42.3 cm³/mol. The zero-order chi connectivity index (χ0) is 6.69. The Bertz CT molecular complexity index is 142. The highest BCUT2D eigenvalue weighted by Gasteiger charge is 2.06. The Morgan fingerprint density at radius 3 is 3.11 bits per heavy atom. The molecule has 0 amide bonds. The molecule has 1 unspecified atom stereocenters. The predicted octanol–water partition coefficient (Wildman–Crippen LogP) is 0.0481. The van der Waals surface area contributed by atoms with Gasteiger partial charge < -0.3 is 11.1 Å². The molecule has 0 spiro atoms. The molecule has 0 bridgehead atoms. The number of hydrogen-bond acceptors (Lipinski definition) is 2. The van der Waals surface area contributed by atoms with Crippen molar-refractivity contribution in [1.29, 1.82) is 0 Å². The van der Waals surface area contributed by atoms with E-state index < -0.39 is 0 Å². The molecule has 3 N–H and O–H groups in total. The van der Waals surface area contributed by atoms with E-state index in [0.29, 0.717) is 12.5 Å².